The van der Waals surface area contributed by atoms with Gasteiger partial charge < -0.3 is 10.1 Å². The molecule has 3 heteroatoms. The number of carbonyl (C=O) groups excluding carboxylic acids is 1. The van der Waals surface area contributed by atoms with Crippen LogP contribution in [0.5, 0.6) is 0 Å². The molecule has 0 spiro atoms. The summed E-state index contributed by atoms with van der Waals surface area (Å²) >= 11 is 0. The van der Waals surface area contributed by atoms with Crippen molar-refractivity contribution in [2.75, 3.05) is 13.7 Å². The zero-order valence-corrected chi connectivity index (χ0v) is 10.3. The van der Waals surface area contributed by atoms with Crippen LogP contribution in [0.2, 0.25) is 0 Å². The molecule has 0 aromatic rings. The minimum absolute atomic E-state index is 0.0971. The molecular formula is C12H25NO2. The van der Waals surface area contributed by atoms with Gasteiger partial charge in [-0.15, -0.1) is 0 Å². The van der Waals surface area contributed by atoms with Gasteiger partial charge in [-0.3, -0.25) is 4.79 Å². The molecular weight excluding hydrogens is 190 g/mol. The number of unbranched alkanes of at least 4 members (excludes halogenated alkanes) is 3. The van der Waals surface area contributed by atoms with E-state index in [1.165, 1.54) is 25.7 Å². The average molecular weight is 215 g/mol. The van der Waals surface area contributed by atoms with E-state index >= 15 is 0 Å². The Balaban J connectivity index is 3.38. The molecule has 0 saturated carbocycles. The van der Waals surface area contributed by atoms with Gasteiger partial charge in [0.2, 0.25) is 5.91 Å². The minimum atomic E-state index is 0.0971. The van der Waals surface area contributed by atoms with E-state index in [0.29, 0.717) is 19.1 Å². The number of hydrogen-bond acceptors (Lipinski definition) is 2. The summed E-state index contributed by atoms with van der Waals surface area (Å²) in [5, 5.41) is 2.97. The molecule has 1 amide bonds. The highest BCUT2D eigenvalue weighted by atomic mass is 16.5. The lowest BCUT2D eigenvalue weighted by atomic mass is 10.1. The van der Waals surface area contributed by atoms with E-state index in [4.69, 9.17) is 4.74 Å². The van der Waals surface area contributed by atoms with Crippen LogP contribution in [0.3, 0.4) is 0 Å². The Bertz CT molecular complexity index is 160. The molecule has 0 fully saturated rings. The smallest absolute Gasteiger partial charge is 0.222 e. The van der Waals surface area contributed by atoms with Gasteiger partial charge in [-0.2, -0.15) is 0 Å². The molecule has 0 bridgehead atoms. The number of hydrogen-bond donors (Lipinski definition) is 1. The molecule has 1 N–H and O–H groups in total. The fraction of sp³-hybridized carbons (Fsp3) is 0.917. The van der Waals surface area contributed by atoms with Crippen LogP contribution in [0.4, 0.5) is 0 Å². The van der Waals surface area contributed by atoms with Gasteiger partial charge in [-0.25, -0.2) is 0 Å². The highest BCUT2D eigenvalue weighted by molar-refractivity contribution is 5.76. The van der Waals surface area contributed by atoms with Crippen LogP contribution < -0.4 is 5.32 Å². The summed E-state index contributed by atoms with van der Waals surface area (Å²) < 4.78 is 4.85. The molecule has 3 nitrogen and oxygen atoms in total. The minimum Gasteiger partial charge on any atom is -0.384 e. The first-order valence-electron chi connectivity index (χ1n) is 5.99. The third-order valence-electron chi connectivity index (χ3n) is 2.43. The summed E-state index contributed by atoms with van der Waals surface area (Å²) in [6, 6.07) is 0.297. The summed E-state index contributed by atoms with van der Waals surface area (Å²) in [5.41, 5.74) is 0. The van der Waals surface area contributed by atoms with E-state index < -0.39 is 0 Å². The summed E-state index contributed by atoms with van der Waals surface area (Å²) in [4.78, 5) is 11.3. The van der Waals surface area contributed by atoms with E-state index in [9.17, 15) is 4.79 Å². The first-order valence-corrected chi connectivity index (χ1v) is 5.99. The van der Waals surface area contributed by atoms with Gasteiger partial charge in [0.05, 0.1) is 6.61 Å². The number of rotatable bonds is 9. The molecule has 0 aromatic heterocycles. The molecule has 0 heterocycles. The van der Waals surface area contributed by atoms with E-state index in [0.717, 1.165) is 6.42 Å². The van der Waals surface area contributed by atoms with Crippen molar-refractivity contribution in [3.8, 4) is 0 Å². The molecule has 0 aliphatic rings. The highest BCUT2D eigenvalue weighted by Gasteiger charge is 2.06. The zero-order chi connectivity index (χ0) is 11.5. The quantitative estimate of drug-likeness (QED) is 0.600. The van der Waals surface area contributed by atoms with Crippen molar-refractivity contribution in [1.82, 2.24) is 5.32 Å². The van der Waals surface area contributed by atoms with Gasteiger partial charge in [0.15, 0.2) is 0 Å². The van der Waals surface area contributed by atoms with Crippen molar-refractivity contribution in [3.63, 3.8) is 0 Å². The molecule has 0 radical (unpaired) electrons. The number of amides is 1. The van der Waals surface area contributed by atoms with Crippen molar-refractivity contribution in [2.45, 2.75) is 58.4 Å². The Morgan fingerprint density at radius 3 is 2.67 bits per heavy atom. The van der Waals surface area contributed by atoms with Crippen LogP contribution >= 0.6 is 0 Å². The summed E-state index contributed by atoms with van der Waals surface area (Å²) in [6.07, 6.45) is 6.59. The average Bonchev–Trinajstić information content (AvgIpc) is 2.21. The second kappa shape index (κ2) is 9.97. The summed E-state index contributed by atoms with van der Waals surface area (Å²) in [6.45, 7) is 4.78. The third-order valence-corrected chi connectivity index (χ3v) is 2.43. The predicted molar refractivity (Wildman–Crippen MR) is 62.9 cm³/mol. The van der Waals surface area contributed by atoms with Crippen LogP contribution in [0.15, 0.2) is 0 Å². The lowest BCUT2D eigenvalue weighted by molar-refractivity contribution is -0.122. The maximum absolute atomic E-state index is 11.3. The molecule has 1 unspecified atom stereocenters. The van der Waals surface area contributed by atoms with Gasteiger partial charge >= 0.3 is 0 Å². The zero-order valence-electron chi connectivity index (χ0n) is 10.3. The Kier molecular flexibility index (Phi) is 9.59. The topological polar surface area (TPSA) is 38.3 Å². The number of ether oxygens (including phenoxy) is 1. The Labute approximate surface area is 93.6 Å². The maximum atomic E-state index is 11.3. The molecule has 0 aliphatic heterocycles. The molecule has 0 aromatic carbocycles. The van der Waals surface area contributed by atoms with Crippen molar-refractivity contribution >= 4 is 5.91 Å². The largest absolute Gasteiger partial charge is 0.384 e. The second-order valence-electron chi connectivity index (χ2n) is 4.06. The van der Waals surface area contributed by atoms with Crippen molar-refractivity contribution in [2.24, 2.45) is 0 Å². The van der Waals surface area contributed by atoms with Crippen LogP contribution in [-0.2, 0) is 9.53 Å². The van der Waals surface area contributed by atoms with E-state index in [1.807, 2.05) is 0 Å². The van der Waals surface area contributed by atoms with Crippen LogP contribution in [-0.4, -0.2) is 25.7 Å². The van der Waals surface area contributed by atoms with Crippen LogP contribution in [0.25, 0.3) is 0 Å². The van der Waals surface area contributed by atoms with Gasteiger partial charge in [0.1, 0.15) is 0 Å². The van der Waals surface area contributed by atoms with E-state index in [1.54, 1.807) is 7.11 Å². The molecule has 0 aliphatic carbocycles. The Morgan fingerprint density at radius 2 is 2.07 bits per heavy atom. The normalized spacial score (nSPS) is 12.5. The Hall–Kier alpha value is -0.570. The SMILES string of the molecule is CCCCCCC(C)NC(=O)CCOC. The fourth-order valence-electron chi connectivity index (χ4n) is 1.49. The van der Waals surface area contributed by atoms with Crippen molar-refractivity contribution in [1.29, 1.82) is 0 Å². The summed E-state index contributed by atoms with van der Waals surface area (Å²) in [7, 11) is 1.61. The first kappa shape index (κ1) is 14.4. The fourth-order valence-corrected chi connectivity index (χ4v) is 1.49. The van der Waals surface area contributed by atoms with E-state index in [2.05, 4.69) is 19.2 Å². The molecule has 0 rings (SSSR count). The lowest BCUT2D eigenvalue weighted by Gasteiger charge is -2.13. The first-order chi connectivity index (χ1) is 7.20. The number of nitrogens with one attached hydrogen (secondary N) is 1. The summed E-state index contributed by atoms with van der Waals surface area (Å²) in [5.74, 6) is 0.0971. The van der Waals surface area contributed by atoms with Gasteiger partial charge in [0.25, 0.3) is 0 Å². The Morgan fingerprint density at radius 1 is 1.33 bits per heavy atom. The molecule has 15 heavy (non-hydrogen) atoms. The highest BCUT2D eigenvalue weighted by Crippen LogP contribution is 2.05. The molecule has 1 atom stereocenters. The van der Waals surface area contributed by atoms with E-state index in [-0.39, 0.29) is 5.91 Å². The van der Waals surface area contributed by atoms with Crippen molar-refractivity contribution < 1.29 is 9.53 Å². The lowest BCUT2D eigenvalue weighted by Crippen LogP contribution is -2.32. The van der Waals surface area contributed by atoms with Gasteiger partial charge in [0, 0.05) is 19.6 Å². The van der Waals surface area contributed by atoms with Crippen LogP contribution in [0.1, 0.15) is 52.4 Å². The predicted octanol–water partition coefficient (Wildman–Crippen LogP) is 2.50. The number of carbonyl (C=O) groups is 1. The standard InChI is InChI=1S/C12H25NO2/c1-4-5-6-7-8-11(2)13-12(14)9-10-15-3/h11H,4-10H2,1-3H3,(H,13,14). The van der Waals surface area contributed by atoms with Gasteiger partial charge in [-0.1, -0.05) is 32.6 Å². The maximum Gasteiger partial charge on any atom is 0.222 e. The molecule has 0 saturated heterocycles. The molecule has 90 valence electrons. The monoisotopic (exact) mass is 215 g/mol. The third kappa shape index (κ3) is 9.73. The number of methoxy groups -OCH3 is 1. The van der Waals surface area contributed by atoms with Crippen molar-refractivity contribution in [3.05, 3.63) is 0 Å². The second-order valence-corrected chi connectivity index (χ2v) is 4.06. The van der Waals surface area contributed by atoms with Gasteiger partial charge in [-0.05, 0) is 13.3 Å². The van der Waals surface area contributed by atoms with Crippen LogP contribution in [0, 0.1) is 0 Å².